The third-order valence-electron chi connectivity index (χ3n) is 10.0. The first-order valence-corrected chi connectivity index (χ1v) is 17.0. The molecule has 282 valence electrons. The van der Waals surface area contributed by atoms with Crippen molar-refractivity contribution in [1.29, 1.82) is 0 Å². The van der Waals surface area contributed by atoms with Gasteiger partial charge in [0.25, 0.3) is 0 Å². The molecule has 0 amide bonds. The van der Waals surface area contributed by atoms with Gasteiger partial charge in [-0.2, -0.15) is 0 Å². The Hall–Kier alpha value is -6.24. The molecule has 54 heavy (non-hydrogen) atoms. The Morgan fingerprint density at radius 3 is 1.85 bits per heavy atom. The molecule has 13 heteroatoms. The molecule has 0 unspecified atom stereocenters. The number of rotatable bonds is 12. The van der Waals surface area contributed by atoms with Crippen LogP contribution in [-0.4, -0.2) is 75.1 Å². The molecule has 3 aliphatic rings. The third kappa shape index (κ3) is 6.29. The number of carbonyl (C=O) groups is 2. The van der Waals surface area contributed by atoms with Crippen LogP contribution < -0.4 is 42.6 Å². The molecule has 0 saturated carbocycles. The first-order chi connectivity index (χ1) is 26.3. The fraction of sp³-hybridized carbons (Fsp3) is 0.317. The zero-order valence-electron chi connectivity index (χ0n) is 30.9. The fourth-order valence-electron chi connectivity index (χ4n) is 7.50. The highest BCUT2D eigenvalue weighted by Crippen LogP contribution is 2.57. The molecule has 2 aliphatic heterocycles. The van der Waals surface area contributed by atoms with Gasteiger partial charge in [-0.1, -0.05) is 12.1 Å². The van der Waals surface area contributed by atoms with E-state index in [0.29, 0.717) is 79.6 Å². The Labute approximate surface area is 312 Å². The van der Waals surface area contributed by atoms with Crippen LogP contribution in [0, 0.1) is 11.8 Å². The average molecular weight is 741 g/mol. The minimum Gasteiger partial charge on any atom is -0.493 e. The van der Waals surface area contributed by atoms with Crippen LogP contribution in [0.4, 0.5) is 0 Å². The van der Waals surface area contributed by atoms with Crippen molar-refractivity contribution < 1.29 is 61.7 Å². The van der Waals surface area contributed by atoms with Crippen molar-refractivity contribution >= 4 is 23.6 Å². The average Bonchev–Trinajstić information content (AvgIpc) is 3.83. The second-order valence-electron chi connectivity index (χ2n) is 12.7. The molecule has 4 aromatic rings. The predicted octanol–water partition coefficient (Wildman–Crippen LogP) is 6.24. The van der Waals surface area contributed by atoms with E-state index in [1.807, 2.05) is 24.3 Å². The Kier molecular flexibility index (Phi) is 10.0. The maximum Gasteiger partial charge on any atom is 0.339 e. The van der Waals surface area contributed by atoms with E-state index in [1.165, 1.54) is 42.7 Å². The van der Waals surface area contributed by atoms with Crippen LogP contribution in [0.1, 0.15) is 39.8 Å². The van der Waals surface area contributed by atoms with Crippen molar-refractivity contribution in [3.63, 3.8) is 0 Å². The van der Waals surface area contributed by atoms with Gasteiger partial charge in [-0.3, -0.25) is 4.79 Å². The molecule has 0 radical (unpaired) electrons. The fourth-order valence-corrected chi connectivity index (χ4v) is 7.50. The molecule has 0 bridgehead atoms. The van der Waals surface area contributed by atoms with Crippen LogP contribution >= 0.6 is 0 Å². The normalized spacial score (nSPS) is 19.5. The number of carbonyl (C=O) groups excluding carboxylic acids is 2. The molecule has 13 nitrogen and oxygen atoms in total. The number of cyclic esters (lactones) is 1. The molecule has 0 N–H and O–H groups in total. The van der Waals surface area contributed by atoms with Crippen molar-refractivity contribution in [2.45, 2.75) is 12.0 Å². The second-order valence-corrected chi connectivity index (χ2v) is 12.7. The maximum atomic E-state index is 14.7. The lowest BCUT2D eigenvalue weighted by atomic mass is 9.66. The molecule has 2 heterocycles. The Morgan fingerprint density at radius 2 is 1.24 bits per heavy atom. The van der Waals surface area contributed by atoms with Gasteiger partial charge in [0.1, 0.15) is 6.10 Å². The lowest BCUT2D eigenvalue weighted by molar-refractivity contribution is -0.147. The smallest absolute Gasteiger partial charge is 0.339 e. The predicted molar refractivity (Wildman–Crippen MR) is 194 cm³/mol. The molecule has 0 aromatic heterocycles. The van der Waals surface area contributed by atoms with Crippen molar-refractivity contribution in [2.75, 3.05) is 63.2 Å². The van der Waals surface area contributed by atoms with Gasteiger partial charge in [0.05, 0.1) is 67.9 Å². The van der Waals surface area contributed by atoms with Crippen LogP contribution in [0.2, 0.25) is 0 Å². The van der Waals surface area contributed by atoms with Crippen LogP contribution in [-0.2, 0) is 19.1 Å². The van der Waals surface area contributed by atoms with E-state index in [0.717, 1.165) is 0 Å². The first kappa shape index (κ1) is 36.1. The van der Waals surface area contributed by atoms with Crippen LogP contribution in [0.15, 0.2) is 60.7 Å². The molecule has 0 spiro atoms. The standard InChI is InChI=1S/C41H40O13/c1-44-28-10-8-21(13-30(28)46-3)12-24(22-9-11-29(45-2)31(14-22)47-4)40(42)54-38-26-18-33-32(52-20-53-33)17-25(26)36(37-27(38)19-51-41(37)43)23-15-34(48-5)39(50-7)35(16-23)49-6/h8-18,27,36-38H,19-20H2,1-7H3/b24-12+/t27-,36+,37-,38-/m0/s1. The molecule has 7 rings (SSSR count). The Morgan fingerprint density at radius 1 is 0.648 bits per heavy atom. The number of methoxy groups -OCH3 is 7. The van der Waals surface area contributed by atoms with Gasteiger partial charge in [-0.05, 0) is 76.9 Å². The number of esters is 2. The SMILES string of the molecule is COc1ccc(/C=C(/C(=O)O[C@H]2c3cc4c(cc3[C@@H](c3cc(OC)c(OC)c(OC)c3)[C@H]3C(=O)OC[C@@H]32)OCO4)c2ccc(OC)c(OC)c2)cc1OC. The summed E-state index contributed by atoms with van der Waals surface area (Å²) >= 11 is 0. The number of ether oxygens (including phenoxy) is 11. The van der Waals surface area contributed by atoms with Crippen LogP contribution in [0.3, 0.4) is 0 Å². The van der Waals surface area contributed by atoms with E-state index in [4.69, 9.17) is 52.1 Å². The molecule has 4 aromatic carbocycles. The highest BCUT2D eigenvalue weighted by Gasteiger charge is 2.54. The van der Waals surface area contributed by atoms with Gasteiger partial charge in [0.15, 0.2) is 46.0 Å². The topological polar surface area (TPSA) is 136 Å². The Bertz CT molecular complexity index is 2100. The number of fused-ring (bicyclic) bond motifs is 3. The minimum absolute atomic E-state index is 0.0152. The molecule has 4 atom stereocenters. The summed E-state index contributed by atoms with van der Waals surface area (Å²) in [4.78, 5) is 28.5. The monoisotopic (exact) mass is 740 g/mol. The van der Waals surface area contributed by atoms with Gasteiger partial charge in [0, 0.05) is 17.4 Å². The summed E-state index contributed by atoms with van der Waals surface area (Å²) in [5, 5.41) is 0. The lowest BCUT2D eigenvalue weighted by Gasteiger charge is -2.38. The summed E-state index contributed by atoms with van der Waals surface area (Å²) < 4.78 is 62.9. The molecule has 1 aliphatic carbocycles. The summed E-state index contributed by atoms with van der Waals surface area (Å²) in [6.45, 7) is 0.0330. The molecule has 1 fully saturated rings. The highest BCUT2D eigenvalue weighted by atomic mass is 16.7. The quantitative estimate of drug-likeness (QED) is 0.0923. The largest absolute Gasteiger partial charge is 0.493 e. The first-order valence-electron chi connectivity index (χ1n) is 17.0. The highest BCUT2D eigenvalue weighted by molar-refractivity contribution is 6.21. The van der Waals surface area contributed by atoms with Crippen LogP contribution in [0.25, 0.3) is 11.6 Å². The second kappa shape index (κ2) is 15.0. The number of hydrogen-bond donors (Lipinski definition) is 0. The Balaban J connectivity index is 1.37. The lowest BCUT2D eigenvalue weighted by Crippen LogP contribution is -2.36. The number of hydrogen-bond acceptors (Lipinski definition) is 13. The van der Waals surface area contributed by atoms with E-state index < -0.39 is 35.8 Å². The summed E-state index contributed by atoms with van der Waals surface area (Å²) in [6, 6.07) is 17.7. The van der Waals surface area contributed by atoms with Crippen molar-refractivity contribution in [2.24, 2.45) is 11.8 Å². The van der Waals surface area contributed by atoms with Gasteiger partial charge < -0.3 is 52.1 Å². The summed E-state index contributed by atoms with van der Waals surface area (Å²) in [6.07, 6.45) is 0.771. The summed E-state index contributed by atoms with van der Waals surface area (Å²) in [7, 11) is 10.7. The number of benzene rings is 4. The molecule has 1 saturated heterocycles. The van der Waals surface area contributed by atoms with Crippen molar-refractivity contribution in [3.05, 3.63) is 88.5 Å². The van der Waals surface area contributed by atoms with Crippen LogP contribution in [0.5, 0.6) is 51.7 Å². The maximum absolute atomic E-state index is 14.7. The van der Waals surface area contributed by atoms with E-state index in [1.54, 1.807) is 49.6 Å². The third-order valence-corrected chi connectivity index (χ3v) is 10.0. The van der Waals surface area contributed by atoms with Gasteiger partial charge >= 0.3 is 11.9 Å². The van der Waals surface area contributed by atoms with Gasteiger partial charge in [-0.15, -0.1) is 0 Å². The van der Waals surface area contributed by atoms with E-state index in [2.05, 4.69) is 0 Å². The minimum atomic E-state index is -0.925. The summed E-state index contributed by atoms with van der Waals surface area (Å²) in [5.74, 6) is 1.17. The summed E-state index contributed by atoms with van der Waals surface area (Å²) in [5.41, 5.74) is 3.40. The van der Waals surface area contributed by atoms with E-state index >= 15 is 0 Å². The molecular weight excluding hydrogens is 700 g/mol. The van der Waals surface area contributed by atoms with Gasteiger partial charge in [0.2, 0.25) is 12.5 Å². The van der Waals surface area contributed by atoms with Crippen molar-refractivity contribution in [1.82, 2.24) is 0 Å². The zero-order valence-corrected chi connectivity index (χ0v) is 30.9. The van der Waals surface area contributed by atoms with Crippen molar-refractivity contribution in [3.8, 4) is 51.7 Å². The zero-order chi connectivity index (χ0) is 38.1. The van der Waals surface area contributed by atoms with E-state index in [-0.39, 0.29) is 19.0 Å². The molecular formula is C41H40O13. The van der Waals surface area contributed by atoms with Gasteiger partial charge in [-0.25, -0.2) is 4.79 Å². The van der Waals surface area contributed by atoms with E-state index in [9.17, 15) is 9.59 Å².